The molecule has 0 saturated heterocycles. The van der Waals surface area contributed by atoms with Crippen molar-refractivity contribution in [3.8, 4) is 29.2 Å². The van der Waals surface area contributed by atoms with Crippen LogP contribution in [0.5, 0.6) is 5.75 Å². The van der Waals surface area contributed by atoms with Gasteiger partial charge in [-0.1, -0.05) is 36.3 Å². The van der Waals surface area contributed by atoms with E-state index in [1.165, 1.54) is 0 Å². The van der Waals surface area contributed by atoms with Crippen LogP contribution in [0.4, 0.5) is 0 Å². The summed E-state index contributed by atoms with van der Waals surface area (Å²) in [5.74, 6) is 3.54. The summed E-state index contributed by atoms with van der Waals surface area (Å²) in [6, 6.07) is 18.1. The second kappa shape index (κ2) is 6.30. The quantitative estimate of drug-likeness (QED) is 0.616. The van der Waals surface area contributed by atoms with Gasteiger partial charge in [0.15, 0.2) is 0 Å². The van der Waals surface area contributed by atoms with Crippen molar-refractivity contribution < 1.29 is 4.74 Å². The monoisotopic (exact) mass is 290 g/mol. The Morgan fingerprint density at radius 3 is 2.62 bits per heavy atom. The van der Waals surface area contributed by atoms with Gasteiger partial charge in [-0.05, 0) is 46.2 Å². The molecule has 0 aliphatic rings. The molecule has 3 rings (SSSR count). The summed E-state index contributed by atoms with van der Waals surface area (Å²) in [5.41, 5.74) is 4.20. The van der Waals surface area contributed by atoms with E-state index in [9.17, 15) is 0 Å². The molecule has 2 aromatic carbocycles. The van der Waals surface area contributed by atoms with Gasteiger partial charge in [-0.2, -0.15) is 11.3 Å². The van der Waals surface area contributed by atoms with E-state index >= 15 is 0 Å². The van der Waals surface area contributed by atoms with Crippen LogP contribution in [-0.2, 0) is 6.61 Å². The van der Waals surface area contributed by atoms with Gasteiger partial charge in [-0.3, -0.25) is 0 Å². The third kappa shape index (κ3) is 3.16. The van der Waals surface area contributed by atoms with Crippen LogP contribution in [0.3, 0.4) is 0 Å². The molecule has 0 radical (unpaired) electrons. The molecule has 1 nitrogen and oxygen atoms in total. The Kier molecular flexibility index (Phi) is 4.04. The maximum absolute atomic E-state index is 5.98. The molecule has 0 N–H and O–H groups in total. The van der Waals surface area contributed by atoms with Gasteiger partial charge in [0.05, 0.1) is 0 Å². The predicted molar refractivity (Wildman–Crippen MR) is 88.5 cm³/mol. The number of hydrogen-bond acceptors (Lipinski definition) is 2. The van der Waals surface area contributed by atoms with E-state index in [4.69, 9.17) is 11.2 Å². The first-order chi connectivity index (χ1) is 10.4. The molecule has 0 aliphatic carbocycles. The number of terminal acetylenes is 1. The van der Waals surface area contributed by atoms with E-state index in [0.717, 1.165) is 28.0 Å². The molecule has 0 aliphatic heterocycles. The van der Waals surface area contributed by atoms with Crippen LogP contribution >= 0.6 is 11.3 Å². The zero-order valence-corrected chi connectivity index (χ0v) is 12.3. The van der Waals surface area contributed by atoms with Crippen molar-refractivity contribution >= 4 is 11.3 Å². The highest BCUT2D eigenvalue weighted by molar-refractivity contribution is 7.08. The fourth-order valence-electron chi connectivity index (χ4n) is 2.12. The first-order valence-corrected chi connectivity index (χ1v) is 7.61. The summed E-state index contributed by atoms with van der Waals surface area (Å²) in [6.45, 7) is 0.549. The Morgan fingerprint density at radius 2 is 1.90 bits per heavy atom. The minimum atomic E-state index is 0.549. The van der Waals surface area contributed by atoms with Crippen molar-refractivity contribution in [1.29, 1.82) is 0 Å². The molecule has 2 heteroatoms. The standard InChI is InChI=1S/C19H14OS/c1-2-15-8-9-19(18(12-15)17-10-11-21-14-17)20-13-16-6-4-3-5-7-16/h1,3-12,14H,13H2. The summed E-state index contributed by atoms with van der Waals surface area (Å²) < 4.78 is 5.98. The summed E-state index contributed by atoms with van der Waals surface area (Å²) in [5, 5.41) is 4.16. The number of ether oxygens (including phenoxy) is 1. The Hall–Kier alpha value is -2.50. The zero-order valence-electron chi connectivity index (χ0n) is 11.5. The Morgan fingerprint density at radius 1 is 1.05 bits per heavy atom. The fourth-order valence-corrected chi connectivity index (χ4v) is 2.78. The van der Waals surface area contributed by atoms with Crippen LogP contribution in [0, 0.1) is 12.3 Å². The lowest BCUT2D eigenvalue weighted by Crippen LogP contribution is -1.97. The van der Waals surface area contributed by atoms with Crippen molar-refractivity contribution in [3.63, 3.8) is 0 Å². The minimum absolute atomic E-state index is 0.549. The van der Waals surface area contributed by atoms with Crippen molar-refractivity contribution in [2.24, 2.45) is 0 Å². The molecule has 0 amide bonds. The number of hydrogen-bond donors (Lipinski definition) is 0. The average molecular weight is 290 g/mol. The van der Waals surface area contributed by atoms with Crippen LogP contribution < -0.4 is 4.74 Å². The lowest BCUT2D eigenvalue weighted by atomic mass is 10.0. The highest BCUT2D eigenvalue weighted by Crippen LogP contribution is 2.32. The van der Waals surface area contributed by atoms with E-state index < -0.39 is 0 Å². The molecule has 0 bridgehead atoms. The highest BCUT2D eigenvalue weighted by Gasteiger charge is 2.08. The van der Waals surface area contributed by atoms with Gasteiger partial charge in [0, 0.05) is 11.1 Å². The molecule has 21 heavy (non-hydrogen) atoms. The molecule has 1 aromatic heterocycles. The Bertz CT molecular complexity index is 752. The van der Waals surface area contributed by atoms with Gasteiger partial charge in [0.25, 0.3) is 0 Å². The van der Waals surface area contributed by atoms with Crippen molar-refractivity contribution in [1.82, 2.24) is 0 Å². The van der Waals surface area contributed by atoms with Crippen molar-refractivity contribution in [3.05, 3.63) is 76.5 Å². The number of rotatable bonds is 4. The van der Waals surface area contributed by atoms with Crippen LogP contribution in [-0.4, -0.2) is 0 Å². The predicted octanol–water partition coefficient (Wildman–Crippen LogP) is 4.98. The first kappa shape index (κ1) is 13.5. The van der Waals surface area contributed by atoms with Crippen molar-refractivity contribution in [2.75, 3.05) is 0 Å². The van der Waals surface area contributed by atoms with Crippen LogP contribution in [0.25, 0.3) is 11.1 Å². The van der Waals surface area contributed by atoms with Crippen LogP contribution in [0.15, 0.2) is 65.4 Å². The molecular formula is C19H14OS. The van der Waals surface area contributed by atoms with E-state index in [0.29, 0.717) is 6.61 Å². The van der Waals surface area contributed by atoms with E-state index in [-0.39, 0.29) is 0 Å². The molecular weight excluding hydrogens is 276 g/mol. The third-order valence-corrected chi connectivity index (χ3v) is 3.90. The molecule has 0 saturated carbocycles. The minimum Gasteiger partial charge on any atom is -0.488 e. The fraction of sp³-hybridized carbons (Fsp3) is 0.0526. The van der Waals surface area contributed by atoms with Crippen molar-refractivity contribution in [2.45, 2.75) is 6.61 Å². The SMILES string of the molecule is C#Cc1ccc(OCc2ccccc2)c(-c2ccsc2)c1. The lowest BCUT2D eigenvalue weighted by Gasteiger charge is -2.11. The summed E-state index contributed by atoms with van der Waals surface area (Å²) in [7, 11) is 0. The van der Waals surface area contributed by atoms with Crippen LogP contribution in [0.1, 0.15) is 11.1 Å². The first-order valence-electron chi connectivity index (χ1n) is 6.67. The number of benzene rings is 2. The lowest BCUT2D eigenvalue weighted by molar-refractivity contribution is 0.307. The van der Waals surface area contributed by atoms with Crippen LogP contribution in [0.2, 0.25) is 0 Å². The van der Waals surface area contributed by atoms with E-state index in [1.54, 1.807) is 11.3 Å². The van der Waals surface area contributed by atoms with Gasteiger partial charge in [0.2, 0.25) is 0 Å². The summed E-state index contributed by atoms with van der Waals surface area (Å²) in [6.07, 6.45) is 5.50. The number of thiophene rings is 1. The van der Waals surface area contributed by atoms with Gasteiger partial charge in [0.1, 0.15) is 12.4 Å². The smallest absolute Gasteiger partial charge is 0.127 e. The van der Waals surface area contributed by atoms with Gasteiger partial charge in [-0.25, -0.2) is 0 Å². The highest BCUT2D eigenvalue weighted by atomic mass is 32.1. The third-order valence-electron chi connectivity index (χ3n) is 3.22. The Labute approximate surface area is 128 Å². The average Bonchev–Trinajstić information content (AvgIpc) is 3.08. The van der Waals surface area contributed by atoms with E-state index in [2.05, 4.69) is 34.9 Å². The largest absolute Gasteiger partial charge is 0.488 e. The van der Waals surface area contributed by atoms with Gasteiger partial charge >= 0.3 is 0 Å². The topological polar surface area (TPSA) is 9.23 Å². The summed E-state index contributed by atoms with van der Waals surface area (Å²) >= 11 is 1.66. The molecule has 3 aromatic rings. The molecule has 1 heterocycles. The molecule has 0 spiro atoms. The second-order valence-corrected chi connectivity index (χ2v) is 5.42. The Balaban J connectivity index is 1.89. The summed E-state index contributed by atoms with van der Waals surface area (Å²) in [4.78, 5) is 0. The van der Waals surface area contributed by atoms with E-state index in [1.807, 2.05) is 36.4 Å². The zero-order chi connectivity index (χ0) is 14.5. The molecule has 102 valence electrons. The van der Waals surface area contributed by atoms with Gasteiger partial charge in [-0.15, -0.1) is 6.42 Å². The normalized spacial score (nSPS) is 10.0. The van der Waals surface area contributed by atoms with Gasteiger partial charge < -0.3 is 4.74 Å². The maximum atomic E-state index is 5.98. The molecule has 0 atom stereocenters. The molecule has 0 fully saturated rings. The maximum Gasteiger partial charge on any atom is 0.127 e. The molecule has 0 unspecified atom stereocenters. The second-order valence-electron chi connectivity index (χ2n) is 4.64.